The van der Waals surface area contributed by atoms with Gasteiger partial charge in [-0.1, -0.05) is 35.9 Å². The number of aliphatic carboxylic acids is 1. The van der Waals surface area contributed by atoms with Crippen molar-refractivity contribution in [3.8, 4) is 0 Å². The van der Waals surface area contributed by atoms with Gasteiger partial charge < -0.3 is 5.11 Å². The summed E-state index contributed by atoms with van der Waals surface area (Å²) in [6.07, 6.45) is 1.09. The van der Waals surface area contributed by atoms with E-state index < -0.39 is 39.5 Å². The number of Topliss-reactive ketones (excluding diaryl/α,β-unsaturated/α-hetero) is 1. The molecule has 0 aromatic heterocycles. The maximum Gasteiger partial charge on any atom is 0.316 e. The molecule has 0 heterocycles. The highest BCUT2D eigenvalue weighted by atomic mass is 32.2. The van der Waals surface area contributed by atoms with Crippen LogP contribution in [0.3, 0.4) is 0 Å². The standard InChI is InChI=1S/C21H18O7S2/c1-12-6-8-15(9-7-12)30(26,27)28-11-14-4-3-5-16-19(14)17(22)10-18(20(16)23)29-13(2)21(24)25/h3-10,13H,11H2,1-2H3,(H,24,25). The lowest BCUT2D eigenvalue weighted by atomic mass is 9.91. The van der Waals surface area contributed by atoms with Crippen LogP contribution in [0.1, 0.15) is 38.8 Å². The first-order chi connectivity index (χ1) is 14.1. The van der Waals surface area contributed by atoms with Crippen molar-refractivity contribution in [2.24, 2.45) is 0 Å². The molecule has 0 amide bonds. The lowest BCUT2D eigenvalue weighted by molar-refractivity contribution is -0.136. The quantitative estimate of drug-likeness (QED) is 0.644. The fraction of sp³-hybridized carbons (Fsp3) is 0.190. The van der Waals surface area contributed by atoms with Crippen LogP contribution in [0.4, 0.5) is 0 Å². The van der Waals surface area contributed by atoms with Crippen LogP contribution in [-0.2, 0) is 25.7 Å². The van der Waals surface area contributed by atoms with Crippen molar-refractivity contribution >= 4 is 39.4 Å². The molecular weight excluding hydrogens is 428 g/mol. The minimum Gasteiger partial charge on any atom is -0.480 e. The zero-order chi connectivity index (χ0) is 22.1. The molecule has 0 spiro atoms. The minimum absolute atomic E-state index is 0.0125. The summed E-state index contributed by atoms with van der Waals surface area (Å²) in [5, 5.41) is 8.14. The number of thioether (sulfide) groups is 1. The van der Waals surface area contributed by atoms with Gasteiger partial charge in [-0.2, -0.15) is 8.42 Å². The molecule has 0 saturated heterocycles. The van der Waals surface area contributed by atoms with E-state index in [0.29, 0.717) is 0 Å². The van der Waals surface area contributed by atoms with Crippen LogP contribution in [0, 0.1) is 6.92 Å². The van der Waals surface area contributed by atoms with E-state index in [1.54, 1.807) is 12.1 Å². The molecule has 2 aromatic rings. The van der Waals surface area contributed by atoms with Crippen molar-refractivity contribution in [1.82, 2.24) is 0 Å². The van der Waals surface area contributed by atoms with Gasteiger partial charge in [0.05, 0.1) is 16.4 Å². The summed E-state index contributed by atoms with van der Waals surface area (Å²) in [7, 11) is -4.05. The molecule has 7 nitrogen and oxygen atoms in total. The van der Waals surface area contributed by atoms with Crippen LogP contribution in [0.2, 0.25) is 0 Å². The highest BCUT2D eigenvalue weighted by molar-refractivity contribution is 8.05. The SMILES string of the molecule is Cc1ccc(S(=O)(=O)OCc2cccc3c2C(=O)C=C(SC(C)C(=O)O)C3=O)cc1. The predicted molar refractivity (Wildman–Crippen MR) is 111 cm³/mol. The number of carbonyl (C=O) groups is 3. The number of hydrogen-bond donors (Lipinski definition) is 1. The monoisotopic (exact) mass is 446 g/mol. The molecule has 1 aliphatic rings. The lowest BCUT2D eigenvalue weighted by Gasteiger charge is -2.18. The summed E-state index contributed by atoms with van der Waals surface area (Å²) in [5.41, 5.74) is 1.31. The predicted octanol–water partition coefficient (Wildman–Crippen LogP) is 3.37. The first-order valence-electron chi connectivity index (χ1n) is 8.88. The van der Waals surface area contributed by atoms with Crippen LogP contribution in [0.15, 0.2) is 58.3 Å². The maximum atomic E-state index is 12.7. The topological polar surface area (TPSA) is 115 Å². The van der Waals surface area contributed by atoms with Gasteiger partial charge in [0, 0.05) is 17.2 Å². The Balaban J connectivity index is 1.86. The molecule has 3 rings (SSSR count). The Bertz CT molecular complexity index is 1160. The number of benzene rings is 2. The smallest absolute Gasteiger partial charge is 0.316 e. The van der Waals surface area contributed by atoms with E-state index in [-0.39, 0.29) is 26.5 Å². The van der Waals surface area contributed by atoms with Crippen molar-refractivity contribution < 1.29 is 32.1 Å². The zero-order valence-corrected chi connectivity index (χ0v) is 17.7. The van der Waals surface area contributed by atoms with E-state index >= 15 is 0 Å². The number of ketones is 2. The second-order valence-corrected chi connectivity index (χ2v) is 9.67. The van der Waals surface area contributed by atoms with Crippen LogP contribution >= 0.6 is 11.8 Å². The Morgan fingerprint density at radius 3 is 2.43 bits per heavy atom. The van der Waals surface area contributed by atoms with Gasteiger partial charge >= 0.3 is 5.97 Å². The first kappa shape index (κ1) is 21.9. The molecule has 0 bridgehead atoms. The average Bonchev–Trinajstić information content (AvgIpc) is 2.70. The third-order valence-corrected chi connectivity index (χ3v) is 6.85. The van der Waals surface area contributed by atoms with Gasteiger partial charge in [0.15, 0.2) is 11.6 Å². The third-order valence-electron chi connectivity index (χ3n) is 4.46. The number of aryl methyl sites for hydroxylation is 1. The third kappa shape index (κ3) is 4.53. The maximum absolute atomic E-state index is 12.7. The molecule has 2 aromatic carbocycles. The summed E-state index contributed by atoms with van der Waals surface area (Å²) in [6.45, 7) is 2.83. The van der Waals surface area contributed by atoms with Gasteiger partial charge in [-0.15, -0.1) is 11.8 Å². The molecule has 1 aliphatic carbocycles. The van der Waals surface area contributed by atoms with E-state index in [1.165, 1.54) is 37.3 Å². The van der Waals surface area contributed by atoms with Gasteiger partial charge in [-0.25, -0.2) is 0 Å². The second kappa shape index (κ2) is 8.55. The summed E-state index contributed by atoms with van der Waals surface area (Å²) >= 11 is 0.790. The van der Waals surface area contributed by atoms with Crippen LogP contribution in [0.5, 0.6) is 0 Å². The molecule has 0 saturated carbocycles. The van der Waals surface area contributed by atoms with Gasteiger partial charge in [0.2, 0.25) is 0 Å². The molecule has 1 N–H and O–H groups in total. The van der Waals surface area contributed by atoms with Gasteiger partial charge in [0.1, 0.15) is 5.25 Å². The number of carboxylic acid groups (broad SMARTS) is 1. The van der Waals surface area contributed by atoms with Crippen molar-refractivity contribution in [2.75, 3.05) is 0 Å². The first-order valence-corrected chi connectivity index (χ1v) is 11.2. The average molecular weight is 447 g/mol. The van der Waals surface area contributed by atoms with E-state index in [4.69, 9.17) is 9.29 Å². The fourth-order valence-corrected chi connectivity index (χ4v) is 4.59. The van der Waals surface area contributed by atoms with Crippen molar-refractivity contribution in [3.63, 3.8) is 0 Å². The number of rotatable bonds is 7. The summed E-state index contributed by atoms with van der Waals surface area (Å²) in [6, 6.07) is 10.6. The molecule has 0 radical (unpaired) electrons. The molecule has 156 valence electrons. The van der Waals surface area contributed by atoms with Gasteiger partial charge in [0.25, 0.3) is 10.1 Å². The van der Waals surface area contributed by atoms with E-state index in [9.17, 15) is 22.8 Å². The van der Waals surface area contributed by atoms with Crippen molar-refractivity contribution in [3.05, 3.63) is 75.7 Å². The van der Waals surface area contributed by atoms with Gasteiger partial charge in [-0.05, 0) is 31.5 Å². The zero-order valence-electron chi connectivity index (χ0n) is 16.1. The summed E-state index contributed by atoms with van der Waals surface area (Å²) in [5.74, 6) is -2.09. The van der Waals surface area contributed by atoms with Crippen LogP contribution in [-0.4, -0.2) is 36.3 Å². The number of carbonyl (C=O) groups excluding carboxylic acids is 2. The molecule has 30 heavy (non-hydrogen) atoms. The molecule has 1 unspecified atom stereocenters. The molecule has 1 atom stereocenters. The Labute approximate surface area is 177 Å². The largest absolute Gasteiger partial charge is 0.480 e. The van der Waals surface area contributed by atoms with Crippen LogP contribution in [0.25, 0.3) is 0 Å². The highest BCUT2D eigenvalue weighted by Gasteiger charge is 2.30. The summed E-state index contributed by atoms with van der Waals surface area (Å²) < 4.78 is 30.0. The summed E-state index contributed by atoms with van der Waals surface area (Å²) in [4.78, 5) is 36.5. The van der Waals surface area contributed by atoms with E-state index in [2.05, 4.69) is 0 Å². The second-order valence-electron chi connectivity index (χ2n) is 6.67. The van der Waals surface area contributed by atoms with E-state index in [0.717, 1.165) is 23.4 Å². The van der Waals surface area contributed by atoms with E-state index in [1.807, 2.05) is 6.92 Å². The number of allylic oxidation sites excluding steroid dienone is 2. The molecular formula is C21H18O7S2. The van der Waals surface area contributed by atoms with Crippen molar-refractivity contribution in [2.45, 2.75) is 30.6 Å². The molecule has 9 heteroatoms. The Kier molecular flexibility index (Phi) is 6.25. The molecule has 0 aliphatic heterocycles. The minimum atomic E-state index is -4.05. The molecule has 0 fully saturated rings. The normalized spacial score (nSPS) is 14.8. The number of fused-ring (bicyclic) bond motifs is 1. The highest BCUT2D eigenvalue weighted by Crippen LogP contribution is 2.33. The van der Waals surface area contributed by atoms with Crippen LogP contribution < -0.4 is 0 Å². The lowest BCUT2D eigenvalue weighted by Crippen LogP contribution is -2.21. The Morgan fingerprint density at radius 2 is 1.80 bits per heavy atom. The number of carboxylic acids is 1. The fourth-order valence-electron chi connectivity index (χ4n) is 2.83. The Morgan fingerprint density at radius 1 is 1.13 bits per heavy atom. The van der Waals surface area contributed by atoms with Crippen molar-refractivity contribution in [1.29, 1.82) is 0 Å². The van der Waals surface area contributed by atoms with Gasteiger partial charge in [-0.3, -0.25) is 18.6 Å². The number of hydrogen-bond acceptors (Lipinski definition) is 7. The Hall–Kier alpha value is -2.75.